The zero-order valence-electron chi connectivity index (χ0n) is 13.0. The number of benzene rings is 2. The predicted octanol–water partition coefficient (Wildman–Crippen LogP) is 4.59. The first-order valence-corrected chi connectivity index (χ1v) is 8.37. The molecule has 0 fully saturated rings. The van der Waals surface area contributed by atoms with Gasteiger partial charge < -0.3 is 4.74 Å². The second-order valence-electron chi connectivity index (χ2n) is 5.48. The number of aromatic nitrogens is 3. The quantitative estimate of drug-likeness (QED) is 0.617. The third-order valence-electron chi connectivity index (χ3n) is 3.71. The van der Waals surface area contributed by atoms with E-state index in [4.69, 9.17) is 27.9 Å². The molecule has 6 heteroatoms. The van der Waals surface area contributed by atoms with Crippen molar-refractivity contribution in [3.8, 4) is 0 Å². The summed E-state index contributed by atoms with van der Waals surface area (Å²) in [5.74, 6) is 0.0557. The van der Waals surface area contributed by atoms with E-state index in [2.05, 4.69) is 10.1 Å². The first-order chi connectivity index (χ1) is 11.7. The second-order valence-corrected chi connectivity index (χ2v) is 6.32. The fraction of sp³-hybridized carbons (Fsp3) is 0.222. The average Bonchev–Trinajstić information content (AvgIpc) is 3.08. The van der Waals surface area contributed by atoms with E-state index in [-0.39, 0.29) is 5.92 Å². The number of rotatable bonds is 7. The first kappa shape index (κ1) is 17.0. The van der Waals surface area contributed by atoms with Gasteiger partial charge in [-0.1, -0.05) is 59.6 Å². The van der Waals surface area contributed by atoms with Gasteiger partial charge in [-0.25, -0.2) is 4.98 Å². The Morgan fingerprint density at radius 1 is 1.08 bits per heavy atom. The van der Waals surface area contributed by atoms with Gasteiger partial charge in [0.2, 0.25) is 0 Å². The topological polar surface area (TPSA) is 39.9 Å². The highest BCUT2D eigenvalue weighted by molar-refractivity contribution is 6.35. The van der Waals surface area contributed by atoms with Crippen LogP contribution >= 0.6 is 23.2 Å². The van der Waals surface area contributed by atoms with Gasteiger partial charge in [0, 0.05) is 16.0 Å². The number of halogens is 2. The summed E-state index contributed by atoms with van der Waals surface area (Å²) in [6, 6.07) is 15.6. The van der Waals surface area contributed by atoms with Crippen LogP contribution in [0.15, 0.2) is 61.2 Å². The summed E-state index contributed by atoms with van der Waals surface area (Å²) in [5, 5.41) is 5.43. The molecule has 0 saturated carbocycles. The molecule has 24 heavy (non-hydrogen) atoms. The molecule has 3 rings (SSSR count). The van der Waals surface area contributed by atoms with Crippen molar-refractivity contribution in [3.05, 3.63) is 82.4 Å². The lowest BCUT2D eigenvalue weighted by Gasteiger charge is -2.19. The summed E-state index contributed by atoms with van der Waals surface area (Å²) in [6.45, 7) is 1.71. The second kappa shape index (κ2) is 8.29. The summed E-state index contributed by atoms with van der Waals surface area (Å²) < 4.78 is 7.70. The van der Waals surface area contributed by atoms with Crippen LogP contribution in [-0.2, 0) is 17.9 Å². The normalized spacial score (nSPS) is 12.2. The third kappa shape index (κ3) is 4.57. The van der Waals surface area contributed by atoms with E-state index in [0.29, 0.717) is 29.8 Å². The molecule has 0 aliphatic carbocycles. The number of hydrogen-bond donors (Lipinski definition) is 0. The average molecular weight is 362 g/mol. The van der Waals surface area contributed by atoms with Crippen molar-refractivity contribution < 1.29 is 4.74 Å². The molecule has 3 aromatic rings. The van der Waals surface area contributed by atoms with Crippen LogP contribution in [-0.4, -0.2) is 21.4 Å². The van der Waals surface area contributed by atoms with Gasteiger partial charge >= 0.3 is 0 Å². The van der Waals surface area contributed by atoms with E-state index in [1.54, 1.807) is 17.1 Å². The van der Waals surface area contributed by atoms with E-state index in [9.17, 15) is 0 Å². The smallest absolute Gasteiger partial charge is 0.137 e. The molecule has 0 amide bonds. The van der Waals surface area contributed by atoms with E-state index < -0.39 is 0 Å². The lowest BCUT2D eigenvalue weighted by atomic mass is 10.00. The Morgan fingerprint density at radius 2 is 1.92 bits per heavy atom. The summed E-state index contributed by atoms with van der Waals surface area (Å²) in [4.78, 5) is 3.99. The Labute approximate surface area is 151 Å². The number of nitrogens with zero attached hydrogens (tertiary/aromatic N) is 3. The summed E-state index contributed by atoms with van der Waals surface area (Å²) in [5.41, 5.74) is 2.13. The zero-order chi connectivity index (χ0) is 16.8. The maximum absolute atomic E-state index is 6.38. The molecule has 0 aliphatic rings. The van der Waals surface area contributed by atoms with Gasteiger partial charge in [0.1, 0.15) is 12.7 Å². The summed E-state index contributed by atoms with van der Waals surface area (Å²) in [7, 11) is 0. The number of ether oxygens (including phenoxy) is 1. The van der Waals surface area contributed by atoms with Crippen LogP contribution in [0.25, 0.3) is 0 Å². The van der Waals surface area contributed by atoms with Crippen LogP contribution in [0.1, 0.15) is 17.0 Å². The van der Waals surface area contributed by atoms with Crippen molar-refractivity contribution in [1.82, 2.24) is 14.8 Å². The maximum atomic E-state index is 6.38. The van der Waals surface area contributed by atoms with E-state index in [1.165, 1.54) is 6.33 Å². The van der Waals surface area contributed by atoms with Gasteiger partial charge in [0.15, 0.2) is 0 Å². The van der Waals surface area contributed by atoms with Crippen LogP contribution in [0.3, 0.4) is 0 Å². The first-order valence-electron chi connectivity index (χ1n) is 7.61. The largest absolute Gasteiger partial charge is 0.376 e. The Morgan fingerprint density at radius 3 is 2.62 bits per heavy atom. The van der Waals surface area contributed by atoms with Crippen LogP contribution in [0.2, 0.25) is 10.0 Å². The molecule has 1 aromatic heterocycles. The maximum Gasteiger partial charge on any atom is 0.137 e. The van der Waals surface area contributed by atoms with Gasteiger partial charge in [-0.2, -0.15) is 5.10 Å². The minimum atomic E-state index is 0.0557. The molecule has 124 valence electrons. The predicted molar refractivity (Wildman–Crippen MR) is 95.3 cm³/mol. The van der Waals surface area contributed by atoms with Gasteiger partial charge in [-0.15, -0.1) is 0 Å². The molecule has 1 heterocycles. The van der Waals surface area contributed by atoms with Gasteiger partial charge in [-0.3, -0.25) is 4.68 Å². The Hall–Kier alpha value is -1.88. The molecular formula is C18H17Cl2N3O. The number of hydrogen-bond acceptors (Lipinski definition) is 3. The molecule has 0 saturated heterocycles. The van der Waals surface area contributed by atoms with Crippen molar-refractivity contribution in [3.63, 3.8) is 0 Å². The van der Waals surface area contributed by atoms with Crippen LogP contribution in [0.5, 0.6) is 0 Å². The standard InChI is InChI=1S/C18H17Cl2N3O/c19-16-6-7-17(18(20)8-16)15(9-23-13-21-12-22-23)11-24-10-14-4-2-1-3-5-14/h1-8,12-13,15H,9-11H2/t15-/m1/s1. The van der Waals surface area contributed by atoms with E-state index in [0.717, 1.165) is 11.1 Å². The highest BCUT2D eigenvalue weighted by Crippen LogP contribution is 2.29. The summed E-state index contributed by atoms with van der Waals surface area (Å²) >= 11 is 12.4. The lowest BCUT2D eigenvalue weighted by Crippen LogP contribution is -2.16. The minimum Gasteiger partial charge on any atom is -0.376 e. The fourth-order valence-electron chi connectivity index (χ4n) is 2.52. The highest BCUT2D eigenvalue weighted by Gasteiger charge is 2.17. The van der Waals surface area contributed by atoms with Crippen LogP contribution in [0, 0.1) is 0 Å². The van der Waals surface area contributed by atoms with Gasteiger partial charge in [-0.05, 0) is 23.3 Å². The molecule has 4 nitrogen and oxygen atoms in total. The van der Waals surface area contributed by atoms with Gasteiger partial charge in [0.05, 0.1) is 19.8 Å². The molecule has 0 aliphatic heterocycles. The molecule has 0 spiro atoms. The molecular weight excluding hydrogens is 345 g/mol. The van der Waals surface area contributed by atoms with Crippen LogP contribution in [0.4, 0.5) is 0 Å². The fourth-order valence-corrected chi connectivity index (χ4v) is 3.08. The highest BCUT2D eigenvalue weighted by atomic mass is 35.5. The lowest BCUT2D eigenvalue weighted by molar-refractivity contribution is 0.101. The monoisotopic (exact) mass is 361 g/mol. The van der Waals surface area contributed by atoms with Crippen molar-refractivity contribution >= 4 is 23.2 Å². The summed E-state index contributed by atoms with van der Waals surface area (Å²) in [6.07, 6.45) is 3.21. The van der Waals surface area contributed by atoms with Crippen LogP contribution < -0.4 is 0 Å². The molecule has 0 N–H and O–H groups in total. The van der Waals surface area contributed by atoms with Crippen molar-refractivity contribution in [2.45, 2.75) is 19.1 Å². The van der Waals surface area contributed by atoms with Gasteiger partial charge in [0.25, 0.3) is 0 Å². The van der Waals surface area contributed by atoms with Crippen molar-refractivity contribution in [1.29, 1.82) is 0 Å². The molecule has 0 bridgehead atoms. The Balaban J connectivity index is 1.72. The molecule has 0 radical (unpaired) electrons. The minimum absolute atomic E-state index is 0.0557. The van der Waals surface area contributed by atoms with Crippen molar-refractivity contribution in [2.24, 2.45) is 0 Å². The Bertz CT molecular complexity index is 763. The molecule has 2 aromatic carbocycles. The zero-order valence-corrected chi connectivity index (χ0v) is 14.5. The molecule has 0 unspecified atom stereocenters. The molecule has 1 atom stereocenters. The Kier molecular flexibility index (Phi) is 5.86. The van der Waals surface area contributed by atoms with E-state index in [1.807, 2.05) is 42.5 Å². The van der Waals surface area contributed by atoms with E-state index >= 15 is 0 Å². The third-order valence-corrected chi connectivity index (χ3v) is 4.27. The van der Waals surface area contributed by atoms with Crippen molar-refractivity contribution in [2.75, 3.05) is 6.61 Å². The SMILES string of the molecule is Clc1ccc([C@@H](COCc2ccccc2)Cn2cncn2)c(Cl)c1.